The summed E-state index contributed by atoms with van der Waals surface area (Å²) in [6.07, 6.45) is 6.89. The van der Waals surface area contributed by atoms with Gasteiger partial charge in [0.05, 0.1) is 12.2 Å². The Morgan fingerprint density at radius 2 is 1.57 bits per heavy atom. The Hall–Kier alpha value is -0.0400. The van der Waals surface area contributed by atoms with Crippen LogP contribution in [0.15, 0.2) is 0 Å². The van der Waals surface area contributed by atoms with Gasteiger partial charge in [-0.15, -0.1) is 0 Å². The van der Waals surface area contributed by atoms with Crippen molar-refractivity contribution >= 4 is 0 Å². The molecule has 1 heterocycles. The summed E-state index contributed by atoms with van der Waals surface area (Å²) < 4.78 is 5.28. The van der Waals surface area contributed by atoms with Crippen LogP contribution >= 0.6 is 0 Å². The quantitative estimate of drug-likeness (QED) is 0.416. The molecular formula is C6H10O. The molecule has 7 heavy (non-hydrogen) atoms. The molecule has 0 aromatic carbocycles. The maximum Gasteiger partial charge on any atom is 0.0841 e. The van der Waals surface area contributed by atoms with E-state index in [-0.39, 0.29) is 0 Å². The molecule has 1 nitrogen and oxygen atoms in total. The van der Waals surface area contributed by atoms with Crippen LogP contribution in [0.2, 0.25) is 0 Å². The SMILES string of the molecule is C1CC[C@H]2O[C@@H]2C1. The van der Waals surface area contributed by atoms with Crippen LogP contribution in [0.4, 0.5) is 0 Å². The van der Waals surface area contributed by atoms with Crippen LogP contribution in [0, 0.1) is 0 Å². The fourth-order valence-electron chi connectivity index (χ4n) is 1.38. The molecule has 1 saturated heterocycles. The number of rotatable bonds is 0. The van der Waals surface area contributed by atoms with Crippen LogP contribution in [0.25, 0.3) is 0 Å². The molecule has 2 rings (SSSR count). The molecule has 0 radical (unpaired) electrons. The van der Waals surface area contributed by atoms with Crippen molar-refractivity contribution < 1.29 is 4.74 Å². The zero-order chi connectivity index (χ0) is 4.69. The molecule has 2 atom stereocenters. The second-order valence-corrected chi connectivity index (χ2v) is 2.50. The number of epoxide rings is 1. The van der Waals surface area contributed by atoms with Crippen molar-refractivity contribution in [3.8, 4) is 0 Å². The van der Waals surface area contributed by atoms with E-state index in [1.165, 1.54) is 25.7 Å². The average Bonchev–Trinajstić information content (AvgIpc) is 2.41. The van der Waals surface area contributed by atoms with Crippen molar-refractivity contribution in [2.24, 2.45) is 0 Å². The minimum Gasteiger partial charge on any atom is -0.370 e. The molecule has 0 aromatic heterocycles. The highest BCUT2D eigenvalue weighted by Crippen LogP contribution is 2.35. The minimum absolute atomic E-state index is 0.703. The molecule has 0 bridgehead atoms. The van der Waals surface area contributed by atoms with Gasteiger partial charge in [-0.1, -0.05) is 12.8 Å². The third-order valence-electron chi connectivity index (χ3n) is 1.91. The number of ether oxygens (including phenoxy) is 1. The number of hydrogen-bond donors (Lipinski definition) is 0. The molecule has 1 heteroatoms. The molecule has 0 N–H and O–H groups in total. The van der Waals surface area contributed by atoms with E-state index < -0.39 is 0 Å². The molecule has 0 spiro atoms. The van der Waals surface area contributed by atoms with Crippen molar-refractivity contribution in [3.05, 3.63) is 0 Å². The normalized spacial score (nSPS) is 48.0. The van der Waals surface area contributed by atoms with E-state index in [0.29, 0.717) is 12.2 Å². The molecular weight excluding hydrogens is 88.1 g/mol. The van der Waals surface area contributed by atoms with Crippen molar-refractivity contribution in [1.82, 2.24) is 0 Å². The van der Waals surface area contributed by atoms with Crippen molar-refractivity contribution in [2.45, 2.75) is 37.9 Å². The molecule has 2 aliphatic rings. The first-order chi connectivity index (χ1) is 3.47. The zero-order valence-corrected chi connectivity index (χ0v) is 4.39. The van der Waals surface area contributed by atoms with Crippen molar-refractivity contribution in [1.29, 1.82) is 0 Å². The molecule has 1 saturated carbocycles. The van der Waals surface area contributed by atoms with Gasteiger partial charge in [-0.2, -0.15) is 0 Å². The lowest BCUT2D eigenvalue weighted by Crippen LogP contribution is -2.00. The van der Waals surface area contributed by atoms with Gasteiger partial charge in [0.2, 0.25) is 0 Å². The second-order valence-electron chi connectivity index (χ2n) is 2.50. The monoisotopic (exact) mass is 98.1 g/mol. The average molecular weight is 98.1 g/mol. The minimum atomic E-state index is 0.703. The van der Waals surface area contributed by atoms with E-state index >= 15 is 0 Å². The number of fused-ring (bicyclic) bond motifs is 1. The van der Waals surface area contributed by atoms with E-state index in [9.17, 15) is 0 Å². The lowest BCUT2D eigenvalue weighted by Gasteiger charge is -2.00. The Kier molecular flexibility index (Phi) is 0.680. The first-order valence-corrected chi connectivity index (χ1v) is 3.12. The van der Waals surface area contributed by atoms with Gasteiger partial charge in [0, 0.05) is 0 Å². The van der Waals surface area contributed by atoms with Crippen molar-refractivity contribution in [2.75, 3.05) is 0 Å². The van der Waals surface area contributed by atoms with Gasteiger partial charge in [0.1, 0.15) is 0 Å². The van der Waals surface area contributed by atoms with Crippen LogP contribution in [0.5, 0.6) is 0 Å². The molecule has 1 aliphatic heterocycles. The molecule has 0 amide bonds. The maximum atomic E-state index is 5.28. The summed E-state index contributed by atoms with van der Waals surface area (Å²) in [4.78, 5) is 0. The highest BCUT2D eigenvalue weighted by molar-refractivity contribution is 4.87. The van der Waals surface area contributed by atoms with E-state index in [4.69, 9.17) is 4.74 Å². The first kappa shape index (κ1) is 3.90. The Morgan fingerprint density at radius 1 is 1.00 bits per heavy atom. The van der Waals surface area contributed by atoms with Crippen LogP contribution in [0.1, 0.15) is 25.7 Å². The topological polar surface area (TPSA) is 12.5 Å². The Bertz CT molecular complexity index is 70.2. The summed E-state index contributed by atoms with van der Waals surface area (Å²) in [7, 11) is 0. The molecule has 1 aliphatic carbocycles. The third-order valence-corrected chi connectivity index (χ3v) is 1.91. The molecule has 0 unspecified atom stereocenters. The smallest absolute Gasteiger partial charge is 0.0841 e. The Labute approximate surface area is 43.7 Å². The molecule has 0 aromatic rings. The fourth-order valence-corrected chi connectivity index (χ4v) is 1.38. The standard InChI is InChI=1S/C6H10O/c1-2-4-6-5(3-1)7-6/h5-6H,1-4H2/t5-,6-/m1/s1. The predicted octanol–water partition coefficient (Wildman–Crippen LogP) is 1.33. The summed E-state index contributed by atoms with van der Waals surface area (Å²) in [6, 6.07) is 0. The van der Waals surface area contributed by atoms with Crippen LogP contribution < -0.4 is 0 Å². The highest BCUT2D eigenvalue weighted by atomic mass is 16.6. The van der Waals surface area contributed by atoms with E-state index in [2.05, 4.69) is 0 Å². The summed E-state index contributed by atoms with van der Waals surface area (Å²) in [5, 5.41) is 0. The van der Waals surface area contributed by atoms with Gasteiger partial charge in [0.25, 0.3) is 0 Å². The highest BCUT2D eigenvalue weighted by Gasteiger charge is 2.39. The first-order valence-electron chi connectivity index (χ1n) is 3.12. The van der Waals surface area contributed by atoms with Gasteiger partial charge >= 0.3 is 0 Å². The van der Waals surface area contributed by atoms with E-state index in [0.717, 1.165) is 0 Å². The van der Waals surface area contributed by atoms with Crippen molar-refractivity contribution in [3.63, 3.8) is 0 Å². The van der Waals surface area contributed by atoms with Gasteiger partial charge in [-0.25, -0.2) is 0 Å². The third kappa shape index (κ3) is 0.556. The second kappa shape index (κ2) is 1.22. The predicted molar refractivity (Wildman–Crippen MR) is 27.1 cm³/mol. The Balaban J connectivity index is 1.95. The van der Waals surface area contributed by atoms with Crippen LogP contribution in [0.3, 0.4) is 0 Å². The van der Waals surface area contributed by atoms with E-state index in [1.807, 2.05) is 0 Å². The zero-order valence-electron chi connectivity index (χ0n) is 4.39. The summed E-state index contributed by atoms with van der Waals surface area (Å²) in [6.45, 7) is 0. The van der Waals surface area contributed by atoms with Gasteiger partial charge in [-0.3, -0.25) is 0 Å². The largest absolute Gasteiger partial charge is 0.370 e. The number of hydrogen-bond acceptors (Lipinski definition) is 1. The summed E-state index contributed by atoms with van der Waals surface area (Å²) in [5.74, 6) is 0. The van der Waals surface area contributed by atoms with Gasteiger partial charge < -0.3 is 4.74 Å². The molecule has 2 fully saturated rings. The molecule has 40 valence electrons. The summed E-state index contributed by atoms with van der Waals surface area (Å²) in [5.41, 5.74) is 0. The maximum absolute atomic E-state index is 5.28. The van der Waals surface area contributed by atoms with Gasteiger partial charge in [0.15, 0.2) is 0 Å². The van der Waals surface area contributed by atoms with Crippen LogP contribution in [-0.4, -0.2) is 12.2 Å². The lowest BCUT2D eigenvalue weighted by atomic mass is 10.0. The lowest BCUT2D eigenvalue weighted by molar-refractivity contribution is 0.373. The van der Waals surface area contributed by atoms with E-state index in [1.54, 1.807) is 0 Å². The van der Waals surface area contributed by atoms with Gasteiger partial charge in [-0.05, 0) is 12.8 Å². The Morgan fingerprint density at radius 3 is 2.00 bits per heavy atom. The summed E-state index contributed by atoms with van der Waals surface area (Å²) >= 11 is 0. The van der Waals surface area contributed by atoms with Crippen LogP contribution in [-0.2, 0) is 4.74 Å². The fraction of sp³-hybridized carbons (Fsp3) is 1.00.